The second kappa shape index (κ2) is 9.07. The van der Waals surface area contributed by atoms with Gasteiger partial charge in [0, 0.05) is 16.7 Å². The number of benzene rings is 1. The van der Waals surface area contributed by atoms with Gasteiger partial charge >= 0.3 is 0 Å². The molecule has 1 atom stereocenters. The molecule has 0 amide bonds. The molecular formula is C18H28ClNS. The monoisotopic (exact) mass is 325 g/mol. The molecule has 0 saturated heterocycles. The van der Waals surface area contributed by atoms with Crippen molar-refractivity contribution in [2.24, 2.45) is 11.8 Å². The Morgan fingerprint density at radius 2 is 1.90 bits per heavy atom. The van der Waals surface area contributed by atoms with Crippen LogP contribution in [0.5, 0.6) is 0 Å². The molecule has 118 valence electrons. The van der Waals surface area contributed by atoms with Gasteiger partial charge in [-0.3, -0.25) is 0 Å². The average molecular weight is 326 g/mol. The molecule has 0 spiro atoms. The van der Waals surface area contributed by atoms with Gasteiger partial charge in [-0.05, 0) is 43.4 Å². The number of hydrogen-bond acceptors (Lipinski definition) is 2. The van der Waals surface area contributed by atoms with Gasteiger partial charge in [-0.2, -0.15) is 0 Å². The Bertz CT molecular complexity index is 415. The van der Waals surface area contributed by atoms with Crippen LogP contribution in [0, 0.1) is 11.8 Å². The lowest BCUT2D eigenvalue weighted by Gasteiger charge is -2.34. The maximum atomic E-state index is 6.27. The highest BCUT2D eigenvalue weighted by Gasteiger charge is 2.26. The van der Waals surface area contributed by atoms with Gasteiger partial charge in [-0.25, -0.2) is 0 Å². The summed E-state index contributed by atoms with van der Waals surface area (Å²) in [7, 11) is 0. The second-order valence-corrected chi connectivity index (χ2v) is 7.56. The molecule has 0 aliphatic heterocycles. The summed E-state index contributed by atoms with van der Waals surface area (Å²) in [5.74, 6) is 2.93. The summed E-state index contributed by atoms with van der Waals surface area (Å²) in [5, 5.41) is 4.59. The van der Waals surface area contributed by atoms with Crippen molar-refractivity contribution in [3.05, 3.63) is 29.3 Å². The first-order chi connectivity index (χ1) is 10.2. The normalized spacial score (nSPS) is 24.0. The first-order valence-corrected chi connectivity index (χ1v) is 9.71. The van der Waals surface area contributed by atoms with Crippen LogP contribution in [-0.2, 0) is 0 Å². The zero-order valence-electron chi connectivity index (χ0n) is 13.3. The van der Waals surface area contributed by atoms with Crippen LogP contribution >= 0.6 is 23.4 Å². The van der Waals surface area contributed by atoms with Crippen LogP contribution in [0.4, 0.5) is 0 Å². The molecule has 1 N–H and O–H groups in total. The van der Waals surface area contributed by atoms with Crippen LogP contribution in [0.25, 0.3) is 0 Å². The summed E-state index contributed by atoms with van der Waals surface area (Å²) in [6, 6.07) is 8.81. The van der Waals surface area contributed by atoms with Gasteiger partial charge in [0.15, 0.2) is 0 Å². The minimum atomic E-state index is 0.620. The molecule has 1 aliphatic carbocycles. The first kappa shape index (κ1) is 17.2. The van der Waals surface area contributed by atoms with E-state index >= 15 is 0 Å². The SMILES string of the molecule is CCNC(CSc1ccccc1Cl)C1CCC(CC)CC1. The van der Waals surface area contributed by atoms with Gasteiger partial charge in [0.05, 0.1) is 5.02 Å². The third-order valence-corrected chi connectivity index (χ3v) is 6.39. The van der Waals surface area contributed by atoms with Gasteiger partial charge in [-0.15, -0.1) is 11.8 Å². The molecule has 1 aromatic carbocycles. The van der Waals surface area contributed by atoms with Crippen molar-refractivity contribution in [3.8, 4) is 0 Å². The maximum Gasteiger partial charge on any atom is 0.0541 e. The van der Waals surface area contributed by atoms with E-state index in [1.54, 1.807) is 0 Å². The molecule has 1 aromatic rings. The second-order valence-electron chi connectivity index (χ2n) is 6.09. The molecule has 0 radical (unpaired) electrons. The van der Waals surface area contributed by atoms with E-state index in [2.05, 4.69) is 31.3 Å². The topological polar surface area (TPSA) is 12.0 Å². The third-order valence-electron chi connectivity index (χ3n) is 4.76. The van der Waals surface area contributed by atoms with E-state index in [0.717, 1.165) is 29.2 Å². The number of thioether (sulfide) groups is 1. The third kappa shape index (κ3) is 5.19. The van der Waals surface area contributed by atoms with E-state index in [1.165, 1.54) is 37.0 Å². The van der Waals surface area contributed by atoms with Crippen LogP contribution in [0.15, 0.2) is 29.2 Å². The Balaban J connectivity index is 1.89. The van der Waals surface area contributed by atoms with Crippen LogP contribution in [-0.4, -0.2) is 18.3 Å². The number of nitrogens with one attached hydrogen (secondary N) is 1. The summed E-state index contributed by atoms with van der Waals surface area (Å²) < 4.78 is 0. The van der Waals surface area contributed by atoms with Crippen LogP contribution in [0.2, 0.25) is 5.02 Å². The van der Waals surface area contributed by atoms with E-state index < -0.39 is 0 Å². The van der Waals surface area contributed by atoms with Crippen molar-refractivity contribution in [1.29, 1.82) is 0 Å². The highest BCUT2D eigenvalue weighted by molar-refractivity contribution is 7.99. The zero-order valence-corrected chi connectivity index (χ0v) is 14.8. The summed E-state index contributed by atoms with van der Waals surface area (Å²) in [4.78, 5) is 1.21. The van der Waals surface area contributed by atoms with Gasteiger partial charge < -0.3 is 5.32 Å². The standard InChI is InChI=1S/C18H28ClNS/c1-3-14-9-11-15(12-10-14)17(20-4-2)13-21-18-8-6-5-7-16(18)19/h5-8,14-15,17,20H,3-4,9-13H2,1-2H3. The quantitative estimate of drug-likeness (QED) is 0.652. The van der Waals surface area contributed by atoms with Crippen molar-refractivity contribution in [3.63, 3.8) is 0 Å². The molecule has 1 fully saturated rings. The minimum Gasteiger partial charge on any atom is -0.313 e. The predicted octanol–water partition coefficient (Wildman–Crippen LogP) is 5.63. The maximum absolute atomic E-state index is 6.27. The Morgan fingerprint density at radius 3 is 2.52 bits per heavy atom. The fraction of sp³-hybridized carbons (Fsp3) is 0.667. The van der Waals surface area contributed by atoms with E-state index in [4.69, 9.17) is 11.6 Å². The molecule has 1 aliphatic rings. The molecule has 1 saturated carbocycles. The summed E-state index contributed by atoms with van der Waals surface area (Å²) in [6.45, 7) is 5.60. The lowest BCUT2D eigenvalue weighted by molar-refractivity contribution is 0.229. The van der Waals surface area contributed by atoms with Crippen LogP contribution < -0.4 is 5.32 Å². The smallest absolute Gasteiger partial charge is 0.0541 e. The van der Waals surface area contributed by atoms with Crippen molar-refractivity contribution in [1.82, 2.24) is 5.32 Å². The van der Waals surface area contributed by atoms with Crippen LogP contribution in [0.3, 0.4) is 0 Å². The molecule has 0 bridgehead atoms. The minimum absolute atomic E-state index is 0.620. The lowest BCUT2D eigenvalue weighted by Crippen LogP contribution is -2.40. The largest absolute Gasteiger partial charge is 0.313 e. The Hall–Kier alpha value is -0.180. The van der Waals surface area contributed by atoms with Crippen molar-refractivity contribution in [2.75, 3.05) is 12.3 Å². The number of halogens is 1. The zero-order chi connectivity index (χ0) is 15.1. The molecular weight excluding hydrogens is 298 g/mol. The predicted molar refractivity (Wildman–Crippen MR) is 95.4 cm³/mol. The number of hydrogen-bond donors (Lipinski definition) is 1. The van der Waals surface area contributed by atoms with E-state index in [1.807, 2.05) is 23.9 Å². The van der Waals surface area contributed by atoms with Gasteiger partial charge in [-0.1, -0.05) is 56.8 Å². The highest BCUT2D eigenvalue weighted by atomic mass is 35.5. The summed E-state index contributed by atoms with van der Waals surface area (Å²) in [5.41, 5.74) is 0. The van der Waals surface area contributed by atoms with E-state index in [9.17, 15) is 0 Å². The first-order valence-electron chi connectivity index (χ1n) is 8.35. The van der Waals surface area contributed by atoms with Gasteiger partial charge in [0.1, 0.15) is 0 Å². The van der Waals surface area contributed by atoms with Crippen molar-refractivity contribution < 1.29 is 0 Å². The van der Waals surface area contributed by atoms with E-state index in [-0.39, 0.29) is 0 Å². The average Bonchev–Trinajstić information content (AvgIpc) is 2.53. The Morgan fingerprint density at radius 1 is 1.19 bits per heavy atom. The van der Waals surface area contributed by atoms with Gasteiger partial charge in [0.25, 0.3) is 0 Å². The molecule has 1 nitrogen and oxygen atoms in total. The molecule has 0 heterocycles. The lowest BCUT2D eigenvalue weighted by atomic mass is 9.78. The van der Waals surface area contributed by atoms with E-state index in [0.29, 0.717) is 6.04 Å². The summed E-state index contributed by atoms with van der Waals surface area (Å²) in [6.07, 6.45) is 6.96. The molecule has 2 rings (SSSR count). The Labute approximate surface area is 139 Å². The fourth-order valence-electron chi connectivity index (χ4n) is 3.36. The fourth-order valence-corrected chi connectivity index (χ4v) is 4.79. The molecule has 3 heteroatoms. The molecule has 0 aromatic heterocycles. The van der Waals surface area contributed by atoms with Gasteiger partial charge in [0.2, 0.25) is 0 Å². The van der Waals surface area contributed by atoms with Crippen molar-refractivity contribution >= 4 is 23.4 Å². The Kier molecular flexibility index (Phi) is 7.42. The number of rotatable bonds is 7. The highest BCUT2D eigenvalue weighted by Crippen LogP contribution is 2.35. The summed E-state index contributed by atoms with van der Waals surface area (Å²) >= 11 is 8.17. The molecule has 21 heavy (non-hydrogen) atoms. The van der Waals surface area contributed by atoms with Crippen molar-refractivity contribution in [2.45, 2.75) is 56.9 Å². The van der Waals surface area contributed by atoms with Crippen LogP contribution in [0.1, 0.15) is 46.0 Å². The molecule has 1 unspecified atom stereocenters.